The molecule has 5 heteroatoms. The molecule has 0 N–H and O–H groups in total. The van der Waals surface area contributed by atoms with Crippen molar-refractivity contribution in [1.82, 2.24) is 14.4 Å². The van der Waals surface area contributed by atoms with Gasteiger partial charge in [-0.1, -0.05) is 30.3 Å². The van der Waals surface area contributed by atoms with Gasteiger partial charge in [-0.05, 0) is 18.2 Å². The zero-order valence-electron chi connectivity index (χ0n) is 12.4. The predicted octanol–water partition coefficient (Wildman–Crippen LogP) is 3.34. The number of rotatable bonds is 2. The number of methoxy groups -OCH3 is 1. The highest BCUT2D eigenvalue weighted by atomic mass is 16.5. The minimum Gasteiger partial charge on any atom is -0.465 e. The van der Waals surface area contributed by atoms with Crippen LogP contribution in [0, 0.1) is 0 Å². The molecule has 0 saturated carbocycles. The first-order valence-corrected chi connectivity index (χ1v) is 7.18. The van der Waals surface area contributed by atoms with Crippen LogP contribution in [-0.2, 0) is 4.74 Å². The Hall–Kier alpha value is -3.21. The number of esters is 1. The molecule has 0 amide bonds. The van der Waals surface area contributed by atoms with Gasteiger partial charge in [-0.15, -0.1) is 0 Å². The number of hydrogen-bond donors (Lipinski definition) is 0. The average molecular weight is 303 g/mol. The van der Waals surface area contributed by atoms with Crippen LogP contribution < -0.4 is 0 Å². The topological polar surface area (TPSA) is 56.5 Å². The van der Waals surface area contributed by atoms with Gasteiger partial charge in [-0.3, -0.25) is 4.40 Å². The molecule has 23 heavy (non-hydrogen) atoms. The summed E-state index contributed by atoms with van der Waals surface area (Å²) < 4.78 is 6.76. The van der Waals surface area contributed by atoms with E-state index in [9.17, 15) is 4.79 Å². The third kappa shape index (κ3) is 2.14. The Labute approximate surface area is 132 Å². The fraction of sp³-hybridized carbons (Fsp3) is 0.0556. The first-order valence-electron chi connectivity index (χ1n) is 7.18. The van der Waals surface area contributed by atoms with Crippen LogP contribution in [0.25, 0.3) is 27.9 Å². The van der Waals surface area contributed by atoms with Crippen molar-refractivity contribution >= 4 is 22.6 Å². The van der Waals surface area contributed by atoms with E-state index in [2.05, 4.69) is 4.98 Å². The Balaban J connectivity index is 2.05. The lowest BCUT2D eigenvalue weighted by Crippen LogP contribution is -2.02. The Morgan fingerprint density at radius 3 is 2.74 bits per heavy atom. The van der Waals surface area contributed by atoms with Gasteiger partial charge in [0.2, 0.25) is 0 Å². The molecule has 5 nitrogen and oxygen atoms in total. The van der Waals surface area contributed by atoms with E-state index >= 15 is 0 Å². The van der Waals surface area contributed by atoms with Gasteiger partial charge in [0.1, 0.15) is 5.69 Å². The number of imidazole rings is 1. The summed E-state index contributed by atoms with van der Waals surface area (Å²) in [6.07, 6.45) is 3.64. The molecule has 0 bridgehead atoms. The van der Waals surface area contributed by atoms with E-state index in [1.54, 1.807) is 18.3 Å². The van der Waals surface area contributed by atoms with Crippen LogP contribution in [0.4, 0.5) is 0 Å². The number of carbonyl (C=O) groups is 1. The van der Waals surface area contributed by atoms with Crippen LogP contribution in [0.1, 0.15) is 10.4 Å². The molecule has 4 rings (SSSR count). The minimum atomic E-state index is -0.374. The van der Waals surface area contributed by atoms with E-state index in [4.69, 9.17) is 9.72 Å². The van der Waals surface area contributed by atoms with E-state index in [1.807, 2.05) is 47.0 Å². The summed E-state index contributed by atoms with van der Waals surface area (Å²) in [6, 6.07) is 15.2. The van der Waals surface area contributed by atoms with Gasteiger partial charge in [0, 0.05) is 18.0 Å². The number of carbonyl (C=O) groups excluding carboxylic acids is 1. The molecule has 2 heterocycles. The van der Waals surface area contributed by atoms with Gasteiger partial charge in [0.25, 0.3) is 0 Å². The molecular formula is C18H13N3O2. The normalized spacial score (nSPS) is 11.0. The quantitative estimate of drug-likeness (QED) is 0.533. The molecule has 112 valence electrons. The number of benzene rings is 2. The highest BCUT2D eigenvalue weighted by molar-refractivity contribution is 5.95. The summed E-state index contributed by atoms with van der Waals surface area (Å²) in [6.45, 7) is 0. The monoisotopic (exact) mass is 303 g/mol. The van der Waals surface area contributed by atoms with Crippen LogP contribution in [-0.4, -0.2) is 27.4 Å². The molecule has 0 unspecified atom stereocenters. The van der Waals surface area contributed by atoms with Gasteiger partial charge < -0.3 is 4.74 Å². The zero-order chi connectivity index (χ0) is 15.8. The Kier molecular flexibility index (Phi) is 3.05. The molecule has 0 aliphatic heterocycles. The molecule has 0 aliphatic carbocycles. The number of fused-ring (bicyclic) bond motifs is 3. The fourth-order valence-corrected chi connectivity index (χ4v) is 2.69. The highest BCUT2D eigenvalue weighted by Gasteiger charge is 2.13. The van der Waals surface area contributed by atoms with Crippen LogP contribution in [0.2, 0.25) is 0 Å². The smallest absolute Gasteiger partial charge is 0.337 e. The van der Waals surface area contributed by atoms with Crippen LogP contribution in [0.3, 0.4) is 0 Å². The lowest BCUT2D eigenvalue weighted by atomic mass is 10.1. The first kappa shape index (κ1) is 13.5. The van der Waals surface area contributed by atoms with Gasteiger partial charge in [-0.2, -0.15) is 0 Å². The fourth-order valence-electron chi connectivity index (χ4n) is 2.69. The van der Waals surface area contributed by atoms with E-state index in [0.717, 1.165) is 27.9 Å². The largest absolute Gasteiger partial charge is 0.465 e. The van der Waals surface area contributed by atoms with E-state index in [-0.39, 0.29) is 5.97 Å². The van der Waals surface area contributed by atoms with Crippen molar-refractivity contribution in [2.75, 3.05) is 7.11 Å². The summed E-state index contributed by atoms with van der Waals surface area (Å²) in [5.41, 5.74) is 4.64. The van der Waals surface area contributed by atoms with Crippen molar-refractivity contribution in [3.8, 4) is 11.3 Å². The summed E-state index contributed by atoms with van der Waals surface area (Å²) in [7, 11) is 1.37. The summed E-state index contributed by atoms with van der Waals surface area (Å²) in [5, 5.41) is 0. The molecule has 2 aromatic carbocycles. The molecule has 0 atom stereocenters. The lowest BCUT2D eigenvalue weighted by Gasteiger charge is -2.08. The molecule has 0 aliphatic rings. The maximum absolute atomic E-state index is 11.8. The Morgan fingerprint density at radius 2 is 1.96 bits per heavy atom. The summed E-state index contributed by atoms with van der Waals surface area (Å²) >= 11 is 0. The number of nitrogens with zero attached hydrogens (tertiary/aromatic N) is 3. The van der Waals surface area contributed by atoms with Crippen LogP contribution in [0.5, 0.6) is 0 Å². The van der Waals surface area contributed by atoms with Crippen LogP contribution >= 0.6 is 0 Å². The van der Waals surface area contributed by atoms with Crippen molar-refractivity contribution in [2.45, 2.75) is 0 Å². The maximum atomic E-state index is 11.8. The lowest BCUT2D eigenvalue weighted by molar-refractivity contribution is 0.0601. The van der Waals surface area contributed by atoms with Crippen molar-refractivity contribution in [3.63, 3.8) is 0 Å². The average Bonchev–Trinajstić information content (AvgIpc) is 3.10. The first-order chi connectivity index (χ1) is 11.3. The summed E-state index contributed by atoms with van der Waals surface area (Å²) in [4.78, 5) is 20.9. The summed E-state index contributed by atoms with van der Waals surface area (Å²) in [5.74, 6) is -0.374. The van der Waals surface area contributed by atoms with Gasteiger partial charge in [0.05, 0.1) is 23.7 Å². The van der Waals surface area contributed by atoms with Crippen molar-refractivity contribution in [1.29, 1.82) is 0 Å². The standard InChI is InChI=1S/C18H13N3O2/c1-23-18(22)13-7-8-15-14(11-13)20-16(12-5-3-2-4-6-12)17-19-9-10-21(15)17/h2-11H,1H3. The van der Waals surface area contributed by atoms with Crippen LogP contribution in [0.15, 0.2) is 60.9 Å². The Bertz CT molecular complexity index is 1020. The third-order valence-corrected chi connectivity index (χ3v) is 3.79. The second-order valence-corrected chi connectivity index (χ2v) is 5.14. The molecule has 0 spiro atoms. The molecule has 4 aromatic rings. The molecule has 0 fully saturated rings. The SMILES string of the molecule is COC(=O)c1ccc2c(c1)nc(-c1ccccc1)c1nccn12. The number of aromatic nitrogens is 3. The predicted molar refractivity (Wildman–Crippen MR) is 87.3 cm³/mol. The second kappa shape index (κ2) is 5.21. The molecule has 2 aromatic heterocycles. The minimum absolute atomic E-state index is 0.374. The molecule has 0 radical (unpaired) electrons. The molecule has 0 saturated heterocycles. The molecular weight excluding hydrogens is 290 g/mol. The van der Waals surface area contributed by atoms with Gasteiger partial charge in [-0.25, -0.2) is 14.8 Å². The number of ether oxygens (including phenoxy) is 1. The third-order valence-electron chi connectivity index (χ3n) is 3.79. The van der Waals surface area contributed by atoms with E-state index in [1.165, 1.54) is 7.11 Å². The van der Waals surface area contributed by atoms with Gasteiger partial charge >= 0.3 is 5.97 Å². The number of hydrogen-bond acceptors (Lipinski definition) is 4. The van der Waals surface area contributed by atoms with Crippen molar-refractivity contribution in [3.05, 3.63) is 66.5 Å². The second-order valence-electron chi connectivity index (χ2n) is 5.14. The van der Waals surface area contributed by atoms with Gasteiger partial charge in [0.15, 0.2) is 5.65 Å². The van der Waals surface area contributed by atoms with E-state index < -0.39 is 0 Å². The van der Waals surface area contributed by atoms with Crippen molar-refractivity contribution in [2.24, 2.45) is 0 Å². The maximum Gasteiger partial charge on any atom is 0.337 e. The van der Waals surface area contributed by atoms with E-state index in [0.29, 0.717) is 5.56 Å². The zero-order valence-corrected chi connectivity index (χ0v) is 12.4. The van der Waals surface area contributed by atoms with Crippen molar-refractivity contribution < 1.29 is 9.53 Å². The highest BCUT2D eigenvalue weighted by Crippen LogP contribution is 2.26. The Morgan fingerprint density at radius 1 is 1.13 bits per heavy atom.